The summed E-state index contributed by atoms with van der Waals surface area (Å²) in [6, 6.07) is 14.0. The highest BCUT2D eigenvalue weighted by molar-refractivity contribution is 5.58. The molecule has 0 radical (unpaired) electrons. The highest BCUT2D eigenvalue weighted by Gasteiger charge is 2.35. The molecule has 0 aliphatic heterocycles. The summed E-state index contributed by atoms with van der Waals surface area (Å²) in [7, 11) is 3.22. The Balaban J connectivity index is 2.03. The van der Waals surface area contributed by atoms with Crippen molar-refractivity contribution in [2.75, 3.05) is 14.2 Å². The molecule has 3 heteroatoms. The van der Waals surface area contributed by atoms with Crippen LogP contribution < -0.4 is 9.47 Å². The van der Waals surface area contributed by atoms with E-state index >= 15 is 0 Å². The van der Waals surface area contributed by atoms with Gasteiger partial charge in [-0.3, -0.25) is 0 Å². The molecule has 2 nitrogen and oxygen atoms in total. The Morgan fingerprint density at radius 2 is 1.79 bits per heavy atom. The van der Waals surface area contributed by atoms with Gasteiger partial charge in [-0.25, -0.2) is 4.39 Å². The first-order chi connectivity index (χ1) is 11.7. The van der Waals surface area contributed by atoms with Gasteiger partial charge in [0.2, 0.25) is 0 Å². The number of allylic oxidation sites excluding steroid dienone is 1. The van der Waals surface area contributed by atoms with Gasteiger partial charge < -0.3 is 9.47 Å². The van der Waals surface area contributed by atoms with Crippen LogP contribution in [0, 0.1) is 0 Å². The molecule has 0 heterocycles. The van der Waals surface area contributed by atoms with Gasteiger partial charge >= 0.3 is 0 Å². The number of benzene rings is 2. The highest BCUT2D eigenvalue weighted by Crippen LogP contribution is 2.48. The number of halogens is 1. The molecular weight excluding hydrogens is 303 g/mol. The van der Waals surface area contributed by atoms with Crippen molar-refractivity contribution in [1.82, 2.24) is 0 Å². The SMILES string of the molecule is COc1ccc2c(c1OC)C(C)C(F)CC2/C=C/c1ccccc1. The summed E-state index contributed by atoms with van der Waals surface area (Å²) >= 11 is 0. The standard InChI is InChI=1S/C21H23FO2/c1-14-18(22)13-16(10-9-15-7-5-4-6-8-15)17-11-12-19(23-2)21(24-3)20(14)17/h4-12,14,16,18H,13H2,1-3H3/b10-9+. The van der Waals surface area contributed by atoms with Gasteiger partial charge in [0.15, 0.2) is 11.5 Å². The lowest BCUT2D eigenvalue weighted by atomic mass is 9.75. The van der Waals surface area contributed by atoms with Crippen LogP contribution in [0.3, 0.4) is 0 Å². The molecule has 2 aromatic carbocycles. The van der Waals surface area contributed by atoms with Gasteiger partial charge in [-0.05, 0) is 23.6 Å². The summed E-state index contributed by atoms with van der Waals surface area (Å²) in [5, 5.41) is 0. The maximum Gasteiger partial charge on any atom is 0.164 e. The predicted molar refractivity (Wildman–Crippen MR) is 95.7 cm³/mol. The van der Waals surface area contributed by atoms with Crippen molar-refractivity contribution < 1.29 is 13.9 Å². The number of ether oxygens (including phenoxy) is 2. The zero-order chi connectivity index (χ0) is 17.1. The van der Waals surface area contributed by atoms with Crippen LogP contribution in [0.4, 0.5) is 4.39 Å². The molecule has 1 aliphatic rings. The Bertz CT molecular complexity index is 724. The summed E-state index contributed by atoms with van der Waals surface area (Å²) in [5.41, 5.74) is 3.17. The van der Waals surface area contributed by atoms with Crippen LogP contribution in [0.15, 0.2) is 48.5 Å². The number of alkyl halides is 1. The van der Waals surface area contributed by atoms with Crippen molar-refractivity contribution in [1.29, 1.82) is 0 Å². The molecular formula is C21H23FO2. The van der Waals surface area contributed by atoms with Crippen LogP contribution in [-0.4, -0.2) is 20.4 Å². The lowest BCUT2D eigenvalue weighted by Gasteiger charge is -2.33. The van der Waals surface area contributed by atoms with E-state index in [0.717, 1.165) is 16.7 Å². The van der Waals surface area contributed by atoms with E-state index in [4.69, 9.17) is 9.47 Å². The van der Waals surface area contributed by atoms with Crippen molar-refractivity contribution >= 4 is 6.08 Å². The number of hydrogen-bond acceptors (Lipinski definition) is 2. The van der Waals surface area contributed by atoms with E-state index in [1.54, 1.807) is 14.2 Å². The summed E-state index contributed by atoms with van der Waals surface area (Å²) in [4.78, 5) is 0. The quantitative estimate of drug-likeness (QED) is 0.754. The molecule has 0 N–H and O–H groups in total. The second-order valence-electron chi connectivity index (χ2n) is 6.22. The van der Waals surface area contributed by atoms with Gasteiger partial charge in [0.1, 0.15) is 6.17 Å². The van der Waals surface area contributed by atoms with E-state index in [2.05, 4.69) is 12.2 Å². The molecule has 0 fully saturated rings. The molecule has 2 aromatic rings. The van der Waals surface area contributed by atoms with Crippen molar-refractivity contribution in [3.8, 4) is 11.5 Å². The predicted octanol–water partition coefficient (Wildman–Crippen LogP) is 5.35. The molecule has 24 heavy (non-hydrogen) atoms. The molecule has 0 aromatic heterocycles. The highest BCUT2D eigenvalue weighted by atomic mass is 19.1. The van der Waals surface area contributed by atoms with Crippen molar-refractivity contribution in [3.63, 3.8) is 0 Å². The van der Waals surface area contributed by atoms with E-state index in [1.807, 2.05) is 49.4 Å². The van der Waals surface area contributed by atoms with Gasteiger partial charge in [0.05, 0.1) is 14.2 Å². The molecule has 0 bridgehead atoms. The maximum atomic E-state index is 14.7. The molecule has 0 amide bonds. The van der Waals surface area contributed by atoms with Crippen molar-refractivity contribution in [2.24, 2.45) is 0 Å². The third-order valence-corrected chi connectivity index (χ3v) is 4.81. The first kappa shape index (κ1) is 16.6. The van der Waals surface area contributed by atoms with Crippen LogP contribution in [0.25, 0.3) is 6.08 Å². The Kier molecular flexibility index (Phi) is 4.89. The minimum Gasteiger partial charge on any atom is -0.493 e. The molecule has 0 saturated heterocycles. The summed E-state index contributed by atoms with van der Waals surface area (Å²) < 4.78 is 25.6. The fraction of sp³-hybridized carbons (Fsp3) is 0.333. The first-order valence-corrected chi connectivity index (χ1v) is 8.27. The number of rotatable bonds is 4. The third kappa shape index (κ3) is 3.03. The van der Waals surface area contributed by atoms with E-state index in [0.29, 0.717) is 17.9 Å². The van der Waals surface area contributed by atoms with Crippen molar-refractivity contribution in [3.05, 3.63) is 65.2 Å². The van der Waals surface area contributed by atoms with Crippen LogP contribution >= 0.6 is 0 Å². The summed E-state index contributed by atoms with van der Waals surface area (Å²) in [6.45, 7) is 1.92. The Labute approximate surface area is 142 Å². The van der Waals surface area contributed by atoms with Crippen LogP contribution in [0.2, 0.25) is 0 Å². The van der Waals surface area contributed by atoms with Gasteiger partial charge in [0.25, 0.3) is 0 Å². The van der Waals surface area contributed by atoms with Crippen molar-refractivity contribution in [2.45, 2.75) is 31.4 Å². The van der Waals surface area contributed by atoms with E-state index in [9.17, 15) is 4.39 Å². The third-order valence-electron chi connectivity index (χ3n) is 4.81. The fourth-order valence-electron chi connectivity index (χ4n) is 3.49. The molecule has 3 rings (SSSR count). The molecule has 0 saturated carbocycles. The Morgan fingerprint density at radius 3 is 2.46 bits per heavy atom. The topological polar surface area (TPSA) is 18.5 Å². The lowest BCUT2D eigenvalue weighted by Crippen LogP contribution is -2.23. The monoisotopic (exact) mass is 326 g/mol. The minimum atomic E-state index is -0.899. The Hall–Kier alpha value is -2.29. The smallest absolute Gasteiger partial charge is 0.164 e. The van der Waals surface area contributed by atoms with E-state index < -0.39 is 6.17 Å². The summed E-state index contributed by atoms with van der Waals surface area (Å²) in [5.74, 6) is 1.14. The van der Waals surface area contributed by atoms with E-state index in [-0.39, 0.29) is 11.8 Å². The minimum absolute atomic E-state index is 0.0335. The first-order valence-electron chi connectivity index (χ1n) is 8.27. The second-order valence-corrected chi connectivity index (χ2v) is 6.22. The lowest BCUT2D eigenvalue weighted by molar-refractivity contribution is 0.245. The van der Waals surface area contributed by atoms with Gasteiger partial charge in [-0.1, -0.05) is 55.5 Å². The Morgan fingerprint density at radius 1 is 1.04 bits per heavy atom. The average molecular weight is 326 g/mol. The second kappa shape index (κ2) is 7.08. The molecule has 126 valence electrons. The van der Waals surface area contributed by atoms with Crippen LogP contribution in [0.5, 0.6) is 11.5 Å². The molecule has 0 spiro atoms. The maximum absolute atomic E-state index is 14.7. The number of fused-ring (bicyclic) bond motifs is 1. The van der Waals surface area contributed by atoms with Gasteiger partial charge in [-0.15, -0.1) is 0 Å². The largest absolute Gasteiger partial charge is 0.493 e. The van der Waals surface area contributed by atoms with Crippen LogP contribution in [0.1, 0.15) is 41.9 Å². The van der Waals surface area contributed by atoms with Crippen LogP contribution in [-0.2, 0) is 0 Å². The molecule has 1 aliphatic carbocycles. The summed E-state index contributed by atoms with van der Waals surface area (Å²) in [6.07, 6.45) is 3.75. The van der Waals surface area contributed by atoms with E-state index in [1.165, 1.54) is 0 Å². The number of methoxy groups -OCH3 is 2. The molecule has 3 unspecified atom stereocenters. The fourth-order valence-corrected chi connectivity index (χ4v) is 3.49. The van der Waals surface area contributed by atoms with Gasteiger partial charge in [-0.2, -0.15) is 0 Å². The number of hydrogen-bond donors (Lipinski definition) is 0. The normalized spacial score (nSPS) is 23.1. The molecule has 3 atom stereocenters. The zero-order valence-electron chi connectivity index (χ0n) is 14.3. The average Bonchev–Trinajstić information content (AvgIpc) is 2.63. The zero-order valence-corrected chi connectivity index (χ0v) is 14.3. The van der Waals surface area contributed by atoms with Gasteiger partial charge in [0, 0.05) is 17.4 Å².